The molecule has 2 amide bonds. The summed E-state index contributed by atoms with van der Waals surface area (Å²) in [5.74, 6) is 1.32. The van der Waals surface area contributed by atoms with E-state index in [-0.39, 0.29) is 36.2 Å². The highest BCUT2D eigenvalue weighted by Gasteiger charge is 2.49. The molecule has 2 aliphatic carbocycles. The highest BCUT2D eigenvalue weighted by Crippen LogP contribution is 2.40. The summed E-state index contributed by atoms with van der Waals surface area (Å²) in [7, 11) is 0. The van der Waals surface area contributed by atoms with Crippen molar-refractivity contribution in [2.45, 2.75) is 95.5 Å². The van der Waals surface area contributed by atoms with Crippen molar-refractivity contribution in [1.82, 2.24) is 25.6 Å². The van der Waals surface area contributed by atoms with Crippen molar-refractivity contribution in [3.63, 3.8) is 0 Å². The number of amides is 2. The number of piperazine rings is 1. The molecule has 8 nitrogen and oxygen atoms in total. The second-order valence-corrected chi connectivity index (χ2v) is 10.9. The van der Waals surface area contributed by atoms with Crippen LogP contribution in [0.3, 0.4) is 0 Å². The van der Waals surface area contributed by atoms with Gasteiger partial charge in [0, 0.05) is 51.7 Å². The van der Waals surface area contributed by atoms with E-state index in [4.69, 9.17) is 4.74 Å². The van der Waals surface area contributed by atoms with Crippen LogP contribution in [-0.4, -0.2) is 89.8 Å². The summed E-state index contributed by atoms with van der Waals surface area (Å²) in [4.78, 5) is 29.9. The maximum absolute atomic E-state index is 13.3. The highest BCUT2D eigenvalue weighted by molar-refractivity contribution is 5.75. The number of fused-ring (bicyclic) bond motifs is 1. The summed E-state index contributed by atoms with van der Waals surface area (Å²) in [6.07, 6.45) is 8.55. The Balaban J connectivity index is 1.28. The summed E-state index contributed by atoms with van der Waals surface area (Å²) >= 11 is 0. The molecule has 2 N–H and O–H groups in total. The van der Waals surface area contributed by atoms with Crippen LogP contribution in [0, 0.1) is 11.8 Å². The van der Waals surface area contributed by atoms with Gasteiger partial charge in [0.25, 0.3) is 0 Å². The standard InChI is InChI=1S/C24H41N5O3/c1-16-14-27(24(31)32-21-6-4-3-5-7-21)23-10-18(8-9-22(23)29(16)17(2)30)19-11-26-28(15-19)20-12-25-13-20/h16,18-23,25-26H,3-15H2,1-2H3/t16-,18?,19?,22?,23?/m0/s1. The Morgan fingerprint density at radius 3 is 2.38 bits per heavy atom. The van der Waals surface area contributed by atoms with E-state index < -0.39 is 0 Å². The largest absolute Gasteiger partial charge is 0.446 e. The molecule has 3 aliphatic heterocycles. The lowest BCUT2D eigenvalue weighted by atomic mass is 9.73. The smallest absolute Gasteiger partial charge is 0.410 e. The van der Waals surface area contributed by atoms with Crippen LogP contribution in [0.25, 0.3) is 0 Å². The average molecular weight is 448 g/mol. The summed E-state index contributed by atoms with van der Waals surface area (Å²) in [6, 6.07) is 0.845. The molecule has 3 heterocycles. The topological polar surface area (TPSA) is 77.2 Å². The molecule has 5 aliphatic rings. The van der Waals surface area contributed by atoms with Crippen molar-refractivity contribution in [3.05, 3.63) is 0 Å². The third kappa shape index (κ3) is 4.38. The van der Waals surface area contributed by atoms with Crippen molar-refractivity contribution >= 4 is 12.0 Å². The normalized spacial score (nSPS) is 37.1. The SMILES string of the molecule is CC(=O)N1C2CCC(C3CNN(C4CNC4)C3)CC2N(C(=O)OC2CCCCC2)C[C@@H]1C. The summed E-state index contributed by atoms with van der Waals surface area (Å²) < 4.78 is 6.01. The van der Waals surface area contributed by atoms with Crippen LogP contribution >= 0.6 is 0 Å². The van der Waals surface area contributed by atoms with E-state index in [1.54, 1.807) is 6.92 Å². The monoisotopic (exact) mass is 447 g/mol. The fourth-order valence-electron chi connectivity index (χ4n) is 6.94. The van der Waals surface area contributed by atoms with Gasteiger partial charge in [-0.15, -0.1) is 0 Å². The molecule has 0 radical (unpaired) electrons. The van der Waals surface area contributed by atoms with E-state index >= 15 is 0 Å². The van der Waals surface area contributed by atoms with Crippen molar-refractivity contribution in [1.29, 1.82) is 0 Å². The van der Waals surface area contributed by atoms with E-state index in [0.717, 1.165) is 71.1 Å². The van der Waals surface area contributed by atoms with Crippen LogP contribution in [0.2, 0.25) is 0 Å². The predicted molar refractivity (Wildman–Crippen MR) is 122 cm³/mol. The van der Waals surface area contributed by atoms with Crippen LogP contribution in [0.15, 0.2) is 0 Å². The van der Waals surface area contributed by atoms with E-state index in [1.165, 1.54) is 6.42 Å². The van der Waals surface area contributed by atoms with Gasteiger partial charge >= 0.3 is 6.09 Å². The molecule has 0 spiro atoms. The molecule has 5 atom stereocenters. The third-order valence-corrected chi connectivity index (χ3v) is 8.79. The van der Waals surface area contributed by atoms with Crippen molar-refractivity contribution in [3.8, 4) is 0 Å². The van der Waals surface area contributed by atoms with E-state index in [2.05, 4.69) is 27.6 Å². The lowest BCUT2D eigenvalue weighted by Gasteiger charge is -2.54. The van der Waals surface area contributed by atoms with Gasteiger partial charge < -0.3 is 19.9 Å². The van der Waals surface area contributed by atoms with Crippen molar-refractivity contribution < 1.29 is 14.3 Å². The molecule has 0 aromatic rings. The highest BCUT2D eigenvalue weighted by atomic mass is 16.6. The third-order valence-electron chi connectivity index (χ3n) is 8.79. The van der Waals surface area contributed by atoms with Gasteiger partial charge in [0.1, 0.15) is 6.10 Å². The number of ether oxygens (including phenoxy) is 1. The van der Waals surface area contributed by atoms with E-state index in [0.29, 0.717) is 24.4 Å². The second-order valence-electron chi connectivity index (χ2n) is 10.9. The Labute approximate surface area is 192 Å². The maximum Gasteiger partial charge on any atom is 0.410 e. The molecule has 5 fully saturated rings. The number of hydrazine groups is 1. The molecule has 3 saturated heterocycles. The zero-order chi connectivity index (χ0) is 22.2. The van der Waals surface area contributed by atoms with Crippen molar-refractivity contribution in [2.24, 2.45) is 11.8 Å². The predicted octanol–water partition coefficient (Wildman–Crippen LogP) is 1.95. The molecular weight excluding hydrogens is 406 g/mol. The average Bonchev–Trinajstić information content (AvgIpc) is 3.21. The van der Waals surface area contributed by atoms with Gasteiger partial charge in [0.15, 0.2) is 0 Å². The first-order chi connectivity index (χ1) is 15.5. The molecule has 2 saturated carbocycles. The summed E-state index contributed by atoms with van der Waals surface area (Å²) in [5, 5.41) is 5.79. The van der Waals surface area contributed by atoms with Crippen LogP contribution in [0.4, 0.5) is 4.79 Å². The van der Waals surface area contributed by atoms with Gasteiger partial charge in [-0.1, -0.05) is 6.42 Å². The van der Waals surface area contributed by atoms with E-state index in [9.17, 15) is 9.59 Å². The molecule has 0 aromatic carbocycles. The van der Waals surface area contributed by atoms with E-state index in [1.807, 2.05) is 4.90 Å². The zero-order valence-corrected chi connectivity index (χ0v) is 19.8. The molecule has 0 aromatic heterocycles. The van der Waals surface area contributed by atoms with Gasteiger partial charge in [-0.3, -0.25) is 10.2 Å². The quantitative estimate of drug-likeness (QED) is 0.689. The number of hydrogen-bond donors (Lipinski definition) is 2. The van der Waals surface area contributed by atoms with Gasteiger partial charge in [-0.25, -0.2) is 9.80 Å². The Morgan fingerprint density at radius 1 is 0.906 bits per heavy atom. The minimum atomic E-state index is -0.144. The van der Waals surface area contributed by atoms with Crippen LogP contribution in [-0.2, 0) is 9.53 Å². The number of carbonyl (C=O) groups excluding carboxylic acids is 2. The Hall–Kier alpha value is -1.38. The van der Waals surface area contributed by atoms with Gasteiger partial charge in [0.05, 0.1) is 12.1 Å². The minimum Gasteiger partial charge on any atom is -0.446 e. The zero-order valence-electron chi connectivity index (χ0n) is 19.8. The summed E-state index contributed by atoms with van der Waals surface area (Å²) in [6.45, 7) is 8.60. The Kier molecular flexibility index (Phi) is 6.63. The Bertz CT molecular complexity index is 695. The number of hydrogen-bond acceptors (Lipinski definition) is 6. The number of nitrogens with zero attached hydrogens (tertiary/aromatic N) is 3. The lowest BCUT2D eigenvalue weighted by Crippen LogP contribution is -2.67. The first kappa shape index (κ1) is 22.4. The first-order valence-electron chi connectivity index (χ1n) is 13.0. The molecule has 0 bridgehead atoms. The van der Waals surface area contributed by atoms with Gasteiger partial charge in [-0.2, -0.15) is 0 Å². The van der Waals surface area contributed by atoms with Gasteiger partial charge in [-0.05, 0) is 63.7 Å². The van der Waals surface area contributed by atoms with Crippen molar-refractivity contribution in [2.75, 3.05) is 32.7 Å². The fourth-order valence-corrected chi connectivity index (χ4v) is 6.94. The lowest BCUT2D eigenvalue weighted by molar-refractivity contribution is -0.142. The molecule has 4 unspecified atom stereocenters. The molecule has 5 rings (SSSR count). The molecular formula is C24H41N5O3. The minimum absolute atomic E-state index is 0.0407. The molecule has 32 heavy (non-hydrogen) atoms. The molecule has 8 heteroatoms. The van der Waals surface area contributed by atoms with Crippen LogP contribution in [0.1, 0.15) is 65.2 Å². The van der Waals surface area contributed by atoms with Gasteiger partial charge in [0.2, 0.25) is 5.91 Å². The fraction of sp³-hybridized carbons (Fsp3) is 0.917. The maximum atomic E-state index is 13.3. The Morgan fingerprint density at radius 2 is 1.69 bits per heavy atom. The summed E-state index contributed by atoms with van der Waals surface area (Å²) in [5.41, 5.74) is 3.62. The number of rotatable bonds is 3. The number of carbonyl (C=O) groups is 2. The first-order valence-corrected chi connectivity index (χ1v) is 13.0. The van der Waals surface area contributed by atoms with Crippen LogP contribution < -0.4 is 10.7 Å². The second kappa shape index (κ2) is 9.47. The molecule has 180 valence electrons. The number of nitrogens with one attached hydrogen (secondary N) is 2. The van der Waals surface area contributed by atoms with Crippen LogP contribution in [0.5, 0.6) is 0 Å².